The van der Waals surface area contributed by atoms with E-state index < -0.39 is 0 Å². The van der Waals surface area contributed by atoms with Crippen LogP contribution in [-0.4, -0.2) is 38.6 Å². The lowest BCUT2D eigenvalue weighted by atomic mass is 9.86. The van der Waals surface area contributed by atoms with E-state index >= 15 is 0 Å². The number of nitrogens with zero attached hydrogens (tertiary/aromatic N) is 1. The van der Waals surface area contributed by atoms with E-state index in [1.54, 1.807) is 19.2 Å². The van der Waals surface area contributed by atoms with Gasteiger partial charge in [0, 0.05) is 12.1 Å². The van der Waals surface area contributed by atoms with Crippen LogP contribution in [0.25, 0.3) is 0 Å². The van der Waals surface area contributed by atoms with Gasteiger partial charge in [-0.15, -0.1) is 12.4 Å². The van der Waals surface area contributed by atoms with E-state index in [2.05, 4.69) is 55.3 Å². The third-order valence-corrected chi connectivity index (χ3v) is 4.57. The molecule has 0 aliphatic heterocycles. The molecule has 1 N–H and O–H groups in total. The Morgan fingerprint density at radius 1 is 1.11 bits per heavy atom. The maximum Gasteiger partial charge on any atom is 0.251 e. The van der Waals surface area contributed by atoms with Crippen LogP contribution in [0, 0.1) is 0 Å². The number of halogens is 1. The van der Waals surface area contributed by atoms with Gasteiger partial charge >= 0.3 is 0 Å². The van der Waals surface area contributed by atoms with Crippen molar-refractivity contribution in [2.24, 2.45) is 0 Å². The molecule has 0 spiro atoms. The van der Waals surface area contributed by atoms with Gasteiger partial charge in [0.1, 0.15) is 5.75 Å². The molecule has 27 heavy (non-hydrogen) atoms. The second-order valence-electron chi connectivity index (χ2n) is 7.79. The summed E-state index contributed by atoms with van der Waals surface area (Å²) in [6, 6.07) is 16.0. The number of nitrogens with one attached hydrogen (secondary N) is 1. The van der Waals surface area contributed by atoms with Crippen LogP contribution in [-0.2, 0) is 5.41 Å². The molecule has 0 heterocycles. The van der Waals surface area contributed by atoms with Crippen molar-refractivity contribution >= 4 is 18.3 Å². The summed E-state index contributed by atoms with van der Waals surface area (Å²) < 4.78 is 5.19. The quantitative estimate of drug-likeness (QED) is 0.792. The first-order valence-electron chi connectivity index (χ1n) is 8.91. The van der Waals surface area contributed by atoms with Crippen molar-refractivity contribution in [2.75, 3.05) is 27.7 Å². The van der Waals surface area contributed by atoms with Crippen LogP contribution < -0.4 is 10.1 Å². The Kier molecular flexibility index (Phi) is 8.32. The van der Waals surface area contributed by atoms with Crippen LogP contribution in [0.15, 0.2) is 48.5 Å². The van der Waals surface area contributed by atoms with Crippen LogP contribution in [0.1, 0.15) is 48.3 Å². The number of hydrogen-bond acceptors (Lipinski definition) is 3. The molecular formula is C22H31ClN2O2. The Bertz CT molecular complexity index is 737. The molecule has 0 radical (unpaired) electrons. The molecule has 0 aliphatic rings. The molecule has 0 aromatic heterocycles. The first-order chi connectivity index (χ1) is 12.2. The van der Waals surface area contributed by atoms with Crippen molar-refractivity contribution in [3.8, 4) is 5.75 Å². The van der Waals surface area contributed by atoms with E-state index in [1.807, 2.05) is 26.2 Å². The molecule has 148 valence electrons. The average molecular weight is 391 g/mol. The molecule has 0 fully saturated rings. The summed E-state index contributed by atoms with van der Waals surface area (Å²) in [6.45, 7) is 7.16. The lowest BCUT2D eigenvalue weighted by molar-refractivity contribution is 0.0941. The fourth-order valence-electron chi connectivity index (χ4n) is 2.86. The fraction of sp³-hybridized carbons (Fsp3) is 0.409. The van der Waals surface area contributed by atoms with Gasteiger partial charge < -0.3 is 15.0 Å². The first-order valence-corrected chi connectivity index (χ1v) is 8.91. The normalized spacial score (nSPS) is 12.3. The summed E-state index contributed by atoms with van der Waals surface area (Å²) in [6.07, 6.45) is 0. The second kappa shape index (κ2) is 9.77. The molecule has 2 aromatic rings. The zero-order valence-electron chi connectivity index (χ0n) is 17.1. The van der Waals surface area contributed by atoms with Gasteiger partial charge in [0.25, 0.3) is 5.91 Å². The average Bonchev–Trinajstić information content (AvgIpc) is 2.61. The Balaban J connectivity index is 0.00000364. The Labute approximate surface area is 169 Å². The number of carbonyl (C=O) groups excluding carboxylic acids is 1. The molecule has 2 rings (SSSR count). The van der Waals surface area contributed by atoms with Gasteiger partial charge in [-0.25, -0.2) is 0 Å². The van der Waals surface area contributed by atoms with E-state index in [1.165, 1.54) is 11.1 Å². The summed E-state index contributed by atoms with van der Waals surface area (Å²) in [5.74, 6) is 0.585. The van der Waals surface area contributed by atoms with Crippen molar-refractivity contribution in [3.63, 3.8) is 0 Å². The molecular weight excluding hydrogens is 360 g/mol. The van der Waals surface area contributed by atoms with Gasteiger partial charge in [0.15, 0.2) is 0 Å². The molecule has 0 saturated heterocycles. The lowest BCUT2D eigenvalue weighted by Gasteiger charge is -2.26. The topological polar surface area (TPSA) is 41.6 Å². The van der Waals surface area contributed by atoms with E-state index in [-0.39, 0.29) is 29.8 Å². The fourth-order valence-corrected chi connectivity index (χ4v) is 2.86. The molecule has 0 saturated carbocycles. The van der Waals surface area contributed by atoms with Gasteiger partial charge in [-0.1, -0.05) is 51.1 Å². The summed E-state index contributed by atoms with van der Waals surface area (Å²) in [5.41, 5.74) is 3.23. The zero-order chi connectivity index (χ0) is 19.3. The van der Waals surface area contributed by atoms with Gasteiger partial charge in [0.2, 0.25) is 0 Å². The minimum Gasteiger partial charge on any atom is -0.497 e. The maximum atomic E-state index is 12.5. The third kappa shape index (κ3) is 6.26. The van der Waals surface area contributed by atoms with Crippen LogP contribution in [0.5, 0.6) is 5.75 Å². The SMILES string of the molecule is COc1cccc(C(=O)NCC(c2ccc(C(C)(C)C)cc2)N(C)C)c1.Cl. The van der Waals surface area contributed by atoms with Gasteiger partial charge in [-0.05, 0) is 48.8 Å². The number of rotatable bonds is 6. The van der Waals surface area contributed by atoms with Crippen LogP contribution in [0.2, 0.25) is 0 Å². The monoisotopic (exact) mass is 390 g/mol. The Morgan fingerprint density at radius 2 is 1.74 bits per heavy atom. The molecule has 1 amide bonds. The number of carbonyl (C=O) groups is 1. The summed E-state index contributed by atoms with van der Waals surface area (Å²) in [5, 5.41) is 3.04. The number of amides is 1. The molecule has 1 unspecified atom stereocenters. The second-order valence-corrected chi connectivity index (χ2v) is 7.79. The molecule has 0 bridgehead atoms. The van der Waals surface area contributed by atoms with Crippen molar-refractivity contribution in [1.29, 1.82) is 0 Å². The van der Waals surface area contributed by atoms with Crippen molar-refractivity contribution in [3.05, 3.63) is 65.2 Å². The highest BCUT2D eigenvalue weighted by Gasteiger charge is 2.18. The van der Waals surface area contributed by atoms with E-state index in [0.29, 0.717) is 17.9 Å². The van der Waals surface area contributed by atoms with E-state index in [9.17, 15) is 4.79 Å². The van der Waals surface area contributed by atoms with Crippen LogP contribution in [0.4, 0.5) is 0 Å². The minimum atomic E-state index is -0.0953. The third-order valence-electron chi connectivity index (χ3n) is 4.57. The standard InChI is InChI=1S/C22H30N2O2.ClH/c1-22(2,3)18-12-10-16(11-13-18)20(24(4)5)15-23-21(25)17-8-7-9-19(14-17)26-6;/h7-14,20H,15H2,1-6H3,(H,23,25);1H. The summed E-state index contributed by atoms with van der Waals surface area (Å²) in [7, 11) is 5.65. The van der Waals surface area contributed by atoms with Gasteiger partial charge in [-0.2, -0.15) is 0 Å². The molecule has 5 heteroatoms. The first kappa shape index (κ1) is 23.0. The highest BCUT2D eigenvalue weighted by molar-refractivity contribution is 5.94. The lowest BCUT2D eigenvalue weighted by Crippen LogP contribution is -2.34. The number of hydrogen-bond donors (Lipinski definition) is 1. The van der Waals surface area contributed by atoms with Crippen molar-refractivity contribution in [1.82, 2.24) is 10.2 Å². The number of methoxy groups -OCH3 is 1. The van der Waals surface area contributed by atoms with Crippen molar-refractivity contribution in [2.45, 2.75) is 32.2 Å². The predicted octanol–water partition coefficient (Wildman–Crippen LogP) is 4.45. The minimum absolute atomic E-state index is 0. The Morgan fingerprint density at radius 3 is 2.26 bits per heavy atom. The van der Waals surface area contributed by atoms with Crippen LogP contribution >= 0.6 is 12.4 Å². The summed E-state index contributed by atoms with van der Waals surface area (Å²) in [4.78, 5) is 14.6. The number of ether oxygens (including phenoxy) is 1. The smallest absolute Gasteiger partial charge is 0.251 e. The highest BCUT2D eigenvalue weighted by atomic mass is 35.5. The van der Waals surface area contributed by atoms with Crippen LogP contribution in [0.3, 0.4) is 0 Å². The van der Waals surface area contributed by atoms with Crippen molar-refractivity contribution < 1.29 is 9.53 Å². The highest BCUT2D eigenvalue weighted by Crippen LogP contribution is 2.25. The summed E-state index contributed by atoms with van der Waals surface area (Å²) >= 11 is 0. The number of likely N-dealkylation sites (N-methyl/N-ethyl adjacent to an activating group) is 1. The van der Waals surface area contributed by atoms with E-state index in [0.717, 1.165) is 0 Å². The Hall–Kier alpha value is -2.04. The molecule has 4 nitrogen and oxygen atoms in total. The van der Waals surface area contributed by atoms with E-state index in [4.69, 9.17) is 4.74 Å². The molecule has 1 atom stereocenters. The maximum absolute atomic E-state index is 12.5. The number of benzene rings is 2. The molecule has 0 aliphatic carbocycles. The zero-order valence-corrected chi connectivity index (χ0v) is 17.9. The predicted molar refractivity (Wildman–Crippen MR) is 114 cm³/mol. The van der Waals surface area contributed by atoms with Gasteiger partial charge in [0.05, 0.1) is 13.2 Å². The van der Waals surface area contributed by atoms with Gasteiger partial charge in [-0.3, -0.25) is 4.79 Å². The molecule has 2 aromatic carbocycles. The largest absolute Gasteiger partial charge is 0.497 e.